The molecular weight excluding hydrogens is 390 g/mol. The van der Waals surface area contributed by atoms with E-state index in [0.717, 1.165) is 64.1 Å². The summed E-state index contributed by atoms with van der Waals surface area (Å²) in [6.45, 7) is 4.38. The average Bonchev–Trinajstić information content (AvgIpc) is 2.81. The summed E-state index contributed by atoms with van der Waals surface area (Å²) in [5.74, 6) is 1.44. The molecule has 0 bridgehead atoms. The fourth-order valence-electron chi connectivity index (χ4n) is 4.97. The Bertz CT molecular complexity index is 846. The Morgan fingerprint density at radius 2 is 1.87 bits per heavy atom. The highest BCUT2D eigenvalue weighted by Gasteiger charge is 2.33. The van der Waals surface area contributed by atoms with Gasteiger partial charge < -0.3 is 15.4 Å². The Kier molecular flexibility index (Phi) is 7.14. The summed E-state index contributed by atoms with van der Waals surface area (Å²) >= 11 is 0. The van der Waals surface area contributed by atoms with Crippen LogP contribution in [0.15, 0.2) is 42.7 Å². The fourth-order valence-corrected chi connectivity index (χ4v) is 4.97. The van der Waals surface area contributed by atoms with Gasteiger partial charge in [0.15, 0.2) is 0 Å². The minimum absolute atomic E-state index is 0.00362. The third-order valence-corrected chi connectivity index (χ3v) is 6.70. The molecule has 2 aliphatic heterocycles. The van der Waals surface area contributed by atoms with Gasteiger partial charge in [-0.2, -0.15) is 0 Å². The summed E-state index contributed by atoms with van der Waals surface area (Å²) in [6, 6.07) is 9.90. The van der Waals surface area contributed by atoms with Crippen molar-refractivity contribution in [3.05, 3.63) is 54.0 Å². The Hall–Kier alpha value is -2.51. The fraction of sp³-hybridized carbons (Fsp3) is 0.542. The van der Waals surface area contributed by atoms with Crippen LogP contribution in [0.1, 0.15) is 43.0 Å². The van der Waals surface area contributed by atoms with Gasteiger partial charge in [0.1, 0.15) is 11.9 Å². The molecule has 0 aliphatic carbocycles. The minimum Gasteiger partial charge on any atom is -0.384 e. The number of carbonyl (C=O) groups is 1. The Morgan fingerprint density at radius 1 is 1.10 bits per heavy atom. The first-order chi connectivity index (χ1) is 15.1. The van der Waals surface area contributed by atoms with Crippen LogP contribution in [0.4, 0.5) is 5.82 Å². The number of nitrogen functional groups attached to an aromatic ring is 1. The molecule has 2 aromatic rings. The van der Waals surface area contributed by atoms with Crippen molar-refractivity contribution in [2.45, 2.75) is 38.3 Å². The first-order valence-corrected chi connectivity index (χ1v) is 11.3. The van der Waals surface area contributed by atoms with Gasteiger partial charge in [-0.1, -0.05) is 6.07 Å². The number of rotatable bonds is 6. The zero-order valence-corrected chi connectivity index (χ0v) is 18.3. The number of likely N-dealkylation sites (tertiary alicyclic amines) is 2. The number of ether oxygens (including phenoxy) is 1. The van der Waals surface area contributed by atoms with Gasteiger partial charge in [0.2, 0.25) is 5.91 Å². The molecule has 2 aromatic heterocycles. The molecule has 7 nitrogen and oxygen atoms in total. The normalized spacial score (nSPS) is 20.0. The lowest BCUT2D eigenvalue weighted by Crippen LogP contribution is -2.46. The highest BCUT2D eigenvalue weighted by Crippen LogP contribution is 2.33. The van der Waals surface area contributed by atoms with Crippen molar-refractivity contribution >= 4 is 11.7 Å². The third-order valence-electron chi connectivity index (χ3n) is 6.70. The molecule has 1 atom stereocenters. The molecule has 0 aromatic carbocycles. The summed E-state index contributed by atoms with van der Waals surface area (Å²) in [6.07, 6.45) is 7.35. The predicted octanol–water partition coefficient (Wildman–Crippen LogP) is 2.90. The molecular formula is C24H33N5O2. The Morgan fingerprint density at radius 3 is 2.52 bits per heavy atom. The topological polar surface area (TPSA) is 84.6 Å². The van der Waals surface area contributed by atoms with E-state index in [0.29, 0.717) is 17.6 Å². The van der Waals surface area contributed by atoms with Crippen LogP contribution in [0, 0.1) is 11.8 Å². The van der Waals surface area contributed by atoms with E-state index in [2.05, 4.69) is 19.8 Å². The molecule has 2 N–H and O–H groups in total. The molecule has 2 aliphatic rings. The average molecular weight is 424 g/mol. The van der Waals surface area contributed by atoms with E-state index in [1.165, 1.54) is 5.56 Å². The summed E-state index contributed by atoms with van der Waals surface area (Å²) in [5.41, 5.74) is 7.95. The molecule has 166 valence electrons. The predicted molar refractivity (Wildman–Crippen MR) is 120 cm³/mol. The molecule has 1 unspecified atom stereocenters. The summed E-state index contributed by atoms with van der Waals surface area (Å²) in [7, 11) is 1.75. The van der Waals surface area contributed by atoms with E-state index < -0.39 is 0 Å². The zero-order valence-electron chi connectivity index (χ0n) is 18.3. The van der Waals surface area contributed by atoms with Crippen molar-refractivity contribution in [3.63, 3.8) is 0 Å². The molecule has 0 spiro atoms. The lowest BCUT2D eigenvalue weighted by Gasteiger charge is -2.38. The molecule has 1 amide bonds. The molecule has 2 saturated heterocycles. The first kappa shape index (κ1) is 21.7. The number of pyridine rings is 2. The number of hydrogen-bond donors (Lipinski definition) is 1. The third kappa shape index (κ3) is 5.40. The maximum atomic E-state index is 13.1. The van der Waals surface area contributed by atoms with E-state index in [1.807, 2.05) is 36.5 Å². The van der Waals surface area contributed by atoms with Crippen molar-refractivity contribution in [2.75, 3.05) is 39.0 Å². The number of nitrogens with zero attached hydrogens (tertiary/aromatic N) is 4. The molecule has 4 heterocycles. The van der Waals surface area contributed by atoms with E-state index in [9.17, 15) is 4.79 Å². The molecule has 0 saturated carbocycles. The van der Waals surface area contributed by atoms with Gasteiger partial charge >= 0.3 is 0 Å². The van der Waals surface area contributed by atoms with E-state index in [1.54, 1.807) is 13.3 Å². The zero-order chi connectivity index (χ0) is 21.6. The maximum Gasteiger partial charge on any atom is 0.225 e. The summed E-state index contributed by atoms with van der Waals surface area (Å²) < 4.78 is 5.77. The second-order valence-electron chi connectivity index (χ2n) is 8.71. The van der Waals surface area contributed by atoms with Crippen molar-refractivity contribution in [3.8, 4) is 0 Å². The second kappa shape index (κ2) is 10.2. The van der Waals surface area contributed by atoms with Crippen molar-refractivity contribution in [1.29, 1.82) is 0 Å². The lowest BCUT2D eigenvalue weighted by atomic mass is 9.87. The van der Waals surface area contributed by atoms with Crippen LogP contribution in [0.2, 0.25) is 0 Å². The van der Waals surface area contributed by atoms with Crippen LogP contribution in [-0.2, 0) is 16.1 Å². The van der Waals surface area contributed by atoms with Crippen LogP contribution in [-0.4, -0.2) is 59.0 Å². The monoisotopic (exact) mass is 423 g/mol. The number of piperidine rings is 2. The van der Waals surface area contributed by atoms with E-state index >= 15 is 0 Å². The number of aromatic nitrogens is 2. The largest absolute Gasteiger partial charge is 0.384 e. The Balaban J connectivity index is 1.25. The quantitative estimate of drug-likeness (QED) is 0.769. The van der Waals surface area contributed by atoms with Gasteiger partial charge in [0.05, 0.1) is 5.69 Å². The lowest BCUT2D eigenvalue weighted by molar-refractivity contribution is -0.139. The highest BCUT2D eigenvalue weighted by atomic mass is 16.5. The van der Waals surface area contributed by atoms with E-state index in [4.69, 9.17) is 10.5 Å². The number of methoxy groups -OCH3 is 1. The first-order valence-electron chi connectivity index (χ1n) is 11.3. The smallest absolute Gasteiger partial charge is 0.225 e. The van der Waals surface area contributed by atoms with Gasteiger partial charge in [-0.25, -0.2) is 4.98 Å². The number of carbonyl (C=O) groups excluding carboxylic acids is 1. The van der Waals surface area contributed by atoms with Crippen LogP contribution < -0.4 is 5.73 Å². The Labute approximate surface area is 184 Å². The van der Waals surface area contributed by atoms with Crippen molar-refractivity contribution < 1.29 is 9.53 Å². The van der Waals surface area contributed by atoms with Gasteiger partial charge in [-0.3, -0.25) is 14.7 Å². The van der Waals surface area contributed by atoms with Gasteiger partial charge in [0.25, 0.3) is 0 Å². The van der Waals surface area contributed by atoms with Crippen LogP contribution in [0.25, 0.3) is 0 Å². The molecule has 31 heavy (non-hydrogen) atoms. The summed E-state index contributed by atoms with van der Waals surface area (Å²) in [5, 5.41) is 0. The molecule has 7 heteroatoms. The maximum absolute atomic E-state index is 13.1. The molecule has 2 fully saturated rings. The standard InChI is InChI=1S/C24H33N5O2/c1-31-23(21-4-2-3-10-26-21)19-8-14-29(15-9-19)24(30)20-6-12-28(13-7-20)17-18-5-11-27-22(25)16-18/h2-5,10-11,16,19-20,23H,6-9,12-15,17H2,1H3,(H2,25,27). The van der Waals surface area contributed by atoms with Gasteiger partial charge in [0, 0.05) is 45.1 Å². The molecule has 0 radical (unpaired) electrons. The van der Waals surface area contributed by atoms with Gasteiger partial charge in [-0.05, 0) is 74.5 Å². The second-order valence-corrected chi connectivity index (χ2v) is 8.71. The SMILES string of the molecule is COC(c1ccccn1)C1CCN(C(=O)C2CCN(Cc3ccnc(N)c3)CC2)CC1. The number of amides is 1. The summed E-state index contributed by atoms with van der Waals surface area (Å²) in [4.78, 5) is 26.1. The van der Waals surface area contributed by atoms with Crippen molar-refractivity contribution in [2.24, 2.45) is 11.8 Å². The highest BCUT2D eigenvalue weighted by molar-refractivity contribution is 5.79. The number of anilines is 1. The van der Waals surface area contributed by atoms with Crippen LogP contribution in [0.3, 0.4) is 0 Å². The van der Waals surface area contributed by atoms with Crippen molar-refractivity contribution in [1.82, 2.24) is 19.8 Å². The minimum atomic E-state index is 0.00362. The van der Waals surface area contributed by atoms with Crippen LogP contribution in [0.5, 0.6) is 0 Å². The molecule has 4 rings (SSSR count). The van der Waals surface area contributed by atoms with E-state index in [-0.39, 0.29) is 12.0 Å². The number of hydrogen-bond acceptors (Lipinski definition) is 6. The van der Waals surface area contributed by atoms with Crippen LogP contribution >= 0.6 is 0 Å². The number of nitrogens with two attached hydrogens (primary N) is 1. The van der Waals surface area contributed by atoms with Gasteiger partial charge in [-0.15, -0.1) is 0 Å².